The first-order valence-corrected chi connectivity index (χ1v) is 4.38. The zero-order valence-electron chi connectivity index (χ0n) is 7.55. The van der Waals surface area contributed by atoms with Gasteiger partial charge in [-0.1, -0.05) is 30.4 Å². The first-order valence-electron chi connectivity index (χ1n) is 4.38. The van der Waals surface area contributed by atoms with Crippen LogP contribution in [0.4, 0.5) is 5.69 Å². The Morgan fingerprint density at radius 1 is 1.36 bits per heavy atom. The third-order valence-electron chi connectivity index (χ3n) is 2.12. The van der Waals surface area contributed by atoms with Crippen molar-refractivity contribution in [3.8, 4) is 0 Å². The molecule has 1 aromatic carbocycles. The minimum Gasteiger partial charge on any atom is -0.369 e. The predicted molar refractivity (Wildman–Crippen MR) is 56.3 cm³/mol. The average Bonchev–Trinajstić information content (AvgIpc) is 2.39. The Balaban J connectivity index is 2.42. The number of amides is 1. The molecule has 1 amide bonds. The number of fused-ring (bicyclic) bond motifs is 1. The van der Waals surface area contributed by atoms with Gasteiger partial charge in [0.15, 0.2) is 0 Å². The van der Waals surface area contributed by atoms with Gasteiger partial charge in [0.25, 0.3) is 0 Å². The number of carbonyl (C=O) groups is 1. The summed E-state index contributed by atoms with van der Waals surface area (Å²) in [5, 5.41) is 0. The van der Waals surface area contributed by atoms with Crippen LogP contribution >= 0.6 is 0 Å². The van der Waals surface area contributed by atoms with Crippen molar-refractivity contribution in [2.45, 2.75) is 0 Å². The highest BCUT2D eigenvalue weighted by Crippen LogP contribution is 2.22. The molecule has 0 aromatic heterocycles. The Morgan fingerprint density at radius 2 is 2.14 bits per heavy atom. The van der Waals surface area contributed by atoms with E-state index in [2.05, 4.69) is 4.99 Å². The quantitative estimate of drug-likeness (QED) is 0.710. The second-order valence-electron chi connectivity index (χ2n) is 3.12. The van der Waals surface area contributed by atoms with Crippen molar-refractivity contribution >= 4 is 23.9 Å². The molecule has 2 rings (SSSR count). The number of nitrogens with zero attached hydrogens (tertiary/aromatic N) is 1. The van der Waals surface area contributed by atoms with E-state index < -0.39 is 5.92 Å². The SMILES string of the molecule is NC(=O)C1C=Cc2ccccc2N=C1. The highest BCUT2D eigenvalue weighted by atomic mass is 16.1. The summed E-state index contributed by atoms with van der Waals surface area (Å²) in [5.74, 6) is -0.778. The molecule has 14 heavy (non-hydrogen) atoms. The zero-order chi connectivity index (χ0) is 9.97. The van der Waals surface area contributed by atoms with Crippen LogP contribution in [0.25, 0.3) is 6.08 Å². The minimum absolute atomic E-state index is 0.377. The van der Waals surface area contributed by atoms with E-state index in [1.165, 1.54) is 0 Å². The maximum atomic E-state index is 10.9. The molecule has 0 fully saturated rings. The summed E-state index contributed by atoms with van der Waals surface area (Å²) in [4.78, 5) is 15.1. The van der Waals surface area contributed by atoms with Gasteiger partial charge < -0.3 is 5.73 Å². The second kappa shape index (κ2) is 3.46. The third-order valence-corrected chi connectivity index (χ3v) is 2.12. The van der Waals surface area contributed by atoms with Gasteiger partial charge in [-0.3, -0.25) is 9.79 Å². The van der Waals surface area contributed by atoms with Crippen molar-refractivity contribution in [1.82, 2.24) is 0 Å². The molecule has 1 unspecified atom stereocenters. The number of aliphatic imine (C=N–C) groups is 1. The molecule has 0 bridgehead atoms. The summed E-state index contributed by atoms with van der Waals surface area (Å²) in [6.07, 6.45) is 5.21. The number of hydrogen-bond acceptors (Lipinski definition) is 2. The lowest BCUT2D eigenvalue weighted by Gasteiger charge is -1.96. The van der Waals surface area contributed by atoms with Crippen molar-refractivity contribution in [2.75, 3.05) is 0 Å². The normalized spacial score (nSPS) is 18.7. The molecule has 0 radical (unpaired) electrons. The number of hydrogen-bond donors (Lipinski definition) is 1. The molecule has 70 valence electrons. The smallest absolute Gasteiger partial charge is 0.229 e. The molecule has 1 aliphatic heterocycles. The lowest BCUT2D eigenvalue weighted by atomic mass is 10.1. The van der Waals surface area contributed by atoms with Crippen LogP contribution in [0.1, 0.15) is 5.56 Å². The van der Waals surface area contributed by atoms with Crippen molar-refractivity contribution < 1.29 is 4.79 Å². The molecule has 3 heteroatoms. The average molecular weight is 186 g/mol. The molecular formula is C11H10N2O. The standard InChI is InChI=1S/C11H10N2O/c12-11(14)9-6-5-8-3-1-2-4-10(8)13-7-9/h1-7,9H,(H2,12,14). The second-order valence-corrected chi connectivity index (χ2v) is 3.12. The van der Waals surface area contributed by atoms with Crippen molar-refractivity contribution in [3.63, 3.8) is 0 Å². The monoisotopic (exact) mass is 186 g/mol. The van der Waals surface area contributed by atoms with Gasteiger partial charge in [-0.15, -0.1) is 0 Å². The predicted octanol–water partition coefficient (Wildman–Crippen LogP) is 1.52. The van der Waals surface area contributed by atoms with Crippen molar-refractivity contribution in [2.24, 2.45) is 16.6 Å². The number of carbonyl (C=O) groups excluding carboxylic acids is 1. The highest BCUT2D eigenvalue weighted by molar-refractivity contribution is 5.97. The summed E-state index contributed by atoms with van der Waals surface area (Å²) in [7, 11) is 0. The van der Waals surface area contributed by atoms with Gasteiger partial charge in [0.05, 0.1) is 11.6 Å². The Bertz CT molecular complexity index is 388. The van der Waals surface area contributed by atoms with Crippen LogP contribution in [0.3, 0.4) is 0 Å². The van der Waals surface area contributed by atoms with Gasteiger partial charge >= 0.3 is 0 Å². The largest absolute Gasteiger partial charge is 0.369 e. The Hall–Kier alpha value is -1.90. The lowest BCUT2D eigenvalue weighted by Crippen LogP contribution is -2.22. The lowest BCUT2D eigenvalue weighted by molar-refractivity contribution is -0.118. The molecular weight excluding hydrogens is 176 g/mol. The number of nitrogens with two attached hydrogens (primary N) is 1. The van der Waals surface area contributed by atoms with E-state index in [-0.39, 0.29) is 5.91 Å². The Labute approximate surface area is 82.0 Å². The van der Waals surface area contributed by atoms with E-state index in [1.54, 1.807) is 12.3 Å². The first-order chi connectivity index (χ1) is 6.77. The molecule has 1 heterocycles. The highest BCUT2D eigenvalue weighted by Gasteiger charge is 2.11. The summed E-state index contributed by atoms with van der Waals surface area (Å²) in [5.41, 5.74) is 7.07. The van der Waals surface area contributed by atoms with Crippen molar-refractivity contribution in [1.29, 1.82) is 0 Å². The molecule has 0 aliphatic carbocycles. The topological polar surface area (TPSA) is 55.5 Å². The number of benzene rings is 1. The van der Waals surface area contributed by atoms with Crippen LogP contribution in [0.5, 0.6) is 0 Å². The van der Waals surface area contributed by atoms with E-state index >= 15 is 0 Å². The van der Waals surface area contributed by atoms with E-state index in [4.69, 9.17) is 5.73 Å². The Morgan fingerprint density at radius 3 is 2.93 bits per heavy atom. The zero-order valence-corrected chi connectivity index (χ0v) is 7.55. The summed E-state index contributed by atoms with van der Waals surface area (Å²) >= 11 is 0. The third kappa shape index (κ3) is 1.57. The number of para-hydroxylation sites is 1. The fraction of sp³-hybridized carbons (Fsp3) is 0.0909. The maximum Gasteiger partial charge on any atom is 0.229 e. The molecule has 1 aliphatic rings. The molecule has 1 atom stereocenters. The Kier molecular flexibility index (Phi) is 2.14. The maximum absolute atomic E-state index is 10.9. The number of rotatable bonds is 1. The fourth-order valence-electron chi connectivity index (χ4n) is 1.33. The summed E-state index contributed by atoms with van der Waals surface area (Å²) in [6.45, 7) is 0. The van der Waals surface area contributed by atoms with E-state index in [9.17, 15) is 4.79 Å². The van der Waals surface area contributed by atoms with Gasteiger partial charge in [0.1, 0.15) is 0 Å². The van der Waals surface area contributed by atoms with Crippen LogP contribution in [0.2, 0.25) is 0 Å². The fourth-order valence-corrected chi connectivity index (χ4v) is 1.33. The molecule has 3 nitrogen and oxygen atoms in total. The molecule has 2 N–H and O–H groups in total. The molecule has 0 spiro atoms. The van der Waals surface area contributed by atoms with Gasteiger partial charge in [-0.2, -0.15) is 0 Å². The van der Waals surface area contributed by atoms with Gasteiger partial charge in [-0.05, 0) is 11.6 Å². The first kappa shape index (κ1) is 8.69. The van der Waals surface area contributed by atoms with Crippen molar-refractivity contribution in [3.05, 3.63) is 35.9 Å². The molecule has 0 saturated heterocycles. The van der Waals surface area contributed by atoms with Crippen LogP contribution < -0.4 is 5.73 Å². The number of primary amides is 1. The van der Waals surface area contributed by atoms with E-state index in [0.717, 1.165) is 11.3 Å². The van der Waals surface area contributed by atoms with E-state index in [1.807, 2.05) is 30.3 Å². The summed E-state index contributed by atoms with van der Waals surface area (Å²) < 4.78 is 0. The van der Waals surface area contributed by atoms with Gasteiger partial charge in [-0.25, -0.2) is 0 Å². The van der Waals surface area contributed by atoms with Gasteiger partial charge in [0, 0.05) is 6.21 Å². The van der Waals surface area contributed by atoms with Gasteiger partial charge in [0.2, 0.25) is 5.91 Å². The minimum atomic E-state index is -0.401. The van der Waals surface area contributed by atoms with Crippen LogP contribution in [-0.2, 0) is 4.79 Å². The molecule has 1 aromatic rings. The molecule has 0 saturated carbocycles. The summed E-state index contributed by atoms with van der Waals surface area (Å²) in [6, 6.07) is 7.70. The van der Waals surface area contributed by atoms with Crippen LogP contribution in [0.15, 0.2) is 35.3 Å². The van der Waals surface area contributed by atoms with E-state index in [0.29, 0.717) is 0 Å². The van der Waals surface area contributed by atoms with Crippen LogP contribution in [-0.4, -0.2) is 12.1 Å². The van der Waals surface area contributed by atoms with Crippen LogP contribution in [0, 0.1) is 5.92 Å².